The van der Waals surface area contributed by atoms with Crippen molar-refractivity contribution in [1.82, 2.24) is 0 Å². The molecular formula is C16H19NO3. The lowest BCUT2D eigenvalue weighted by Gasteiger charge is -2.13. The molecule has 1 fully saturated rings. The van der Waals surface area contributed by atoms with Gasteiger partial charge in [0.05, 0.1) is 12.8 Å². The Kier molecular flexibility index (Phi) is 5.03. The van der Waals surface area contributed by atoms with Gasteiger partial charge >= 0.3 is 0 Å². The third-order valence-corrected chi connectivity index (χ3v) is 3.50. The van der Waals surface area contributed by atoms with Gasteiger partial charge in [-0.2, -0.15) is 0 Å². The number of amides is 1. The monoisotopic (exact) mass is 273 g/mol. The van der Waals surface area contributed by atoms with Crippen molar-refractivity contribution in [2.75, 3.05) is 19.0 Å². The summed E-state index contributed by atoms with van der Waals surface area (Å²) in [5.74, 6) is 6.18. The van der Waals surface area contributed by atoms with E-state index in [1.807, 2.05) is 0 Å². The van der Waals surface area contributed by atoms with E-state index >= 15 is 0 Å². The van der Waals surface area contributed by atoms with E-state index in [2.05, 4.69) is 17.2 Å². The highest BCUT2D eigenvalue weighted by molar-refractivity contribution is 5.94. The van der Waals surface area contributed by atoms with Crippen molar-refractivity contribution in [3.63, 3.8) is 0 Å². The highest BCUT2D eigenvalue weighted by atomic mass is 16.5. The number of rotatable bonds is 3. The summed E-state index contributed by atoms with van der Waals surface area (Å²) in [4.78, 5) is 12.2. The third-order valence-electron chi connectivity index (χ3n) is 3.50. The van der Waals surface area contributed by atoms with Gasteiger partial charge in [-0.15, -0.1) is 0 Å². The quantitative estimate of drug-likeness (QED) is 0.830. The van der Waals surface area contributed by atoms with Gasteiger partial charge in [0.15, 0.2) is 0 Å². The maximum absolute atomic E-state index is 12.2. The molecule has 1 amide bonds. The van der Waals surface area contributed by atoms with Crippen LogP contribution in [0, 0.1) is 17.8 Å². The Morgan fingerprint density at radius 1 is 1.45 bits per heavy atom. The molecule has 0 bridgehead atoms. The molecule has 0 aliphatic heterocycles. The standard InChI is InChI=1S/C16H19NO3/c1-20-15-9-8-12(5-4-10-18)11-14(15)17-16(19)13-6-2-3-7-13/h8-9,11,13,18H,2-3,6-7,10H2,1H3,(H,17,19). The summed E-state index contributed by atoms with van der Waals surface area (Å²) in [5.41, 5.74) is 1.37. The van der Waals surface area contributed by atoms with Crippen molar-refractivity contribution in [2.45, 2.75) is 25.7 Å². The summed E-state index contributed by atoms with van der Waals surface area (Å²) in [5, 5.41) is 11.6. The second kappa shape index (κ2) is 6.97. The lowest BCUT2D eigenvalue weighted by Crippen LogP contribution is -2.20. The first kappa shape index (κ1) is 14.4. The van der Waals surface area contributed by atoms with E-state index in [0.29, 0.717) is 11.4 Å². The minimum atomic E-state index is -0.185. The first-order chi connectivity index (χ1) is 9.74. The number of ether oxygens (including phenoxy) is 1. The Balaban J connectivity index is 2.17. The number of nitrogens with one attached hydrogen (secondary N) is 1. The molecule has 0 saturated heterocycles. The second-order valence-corrected chi connectivity index (χ2v) is 4.85. The molecule has 0 spiro atoms. The van der Waals surface area contributed by atoms with Gasteiger partial charge in [-0.1, -0.05) is 24.7 Å². The molecule has 0 unspecified atom stereocenters. The molecule has 1 aromatic rings. The van der Waals surface area contributed by atoms with Crippen LogP contribution in [0.5, 0.6) is 5.75 Å². The predicted octanol–water partition coefficient (Wildman–Crippen LogP) is 2.17. The van der Waals surface area contributed by atoms with E-state index in [9.17, 15) is 4.79 Å². The summed E-state index contributed by atoms with van der Waals surface area (Å²) in [7, 11) is 1.57. The maximum Gasteiger partial charge on any atom is 0.227 e. The molecule has 4 nitrogen and oxygen atoms in total. The molecule has 106 valence electrons. The molecule has 1 saturated carbocycles. The van der Waals surface area contributed by atoms with Crippen LogP contribution in [-0.4, -0.2) is 24.7 Å². The number of carbonyl (C=O) groups is 1. The zero-order valence-electron chi connectivity index (χ0n) is 11.6. The molecular weight excluding hydrogens is 254 g/mol. The van der Waals surface area contributed by atoms with Crippen molar-refractivity contribution in [3.05, 3.63) is 23.8 Å². The smallest absolute Gasteiger partial charge is 0.227 e. The number of methoxy groups -OCH3 is 1. The minimum Gasteiger partial charge on any atom is -0.495 e. The number of carbonyl (C=O) groups excluding carboxylic acids is 1. The summed E-state index contributed by atoms with van der Waals surface area (Å²) < 4.78 is 5.26. The number of hydrogen-bond acceptors (Lipinski definition) is 3. The molecule has 2 N–H and O–H groups in total. The molecule has 1 aliphatic rings. The third kappa shape index (κ3) is 3.52. The largest absolute Gasteiger partial charge is 0.495 e. The van der Waals surface area contributed by atoms with Crippen LogP contribution in [-0.2, 0) is 4.79 Å². The fourth-order valence-corrected chi connectivity index (χ4v) is 2.45. The maximum atomic E-state index is 12.2. The zero-order chi connectivity index (χ0) is 14.4. The normalized spacial score (nSPS) is 14.5. The number of benzene rings is 1. The first-order valence-corrected chi connectivity index (χ1v) is 6.83. The average Bonchev–Trinajstić information content (AvgIpc) is 2.99. The number of aliphatic hydroxyl groups is 1. The van der Waals surface area contributed by atoms with Crippen LogP contribution < -0.4 is 10.1 Å². The molecule has 0 aromatic heterocycles. The van der Waals surface area contributed by atoms with E-state index in [1.165, 1.54) is 0 Å². The fourth-order valence-electron chi connectivity index (χ4n) is 2.45. The number of anilines is 1. The lowest BCUT2D eigenvalue weighted by atomic mass is 10.1. The Bertz CT molecular complexity index is 536. The molecule has 2 rings (SSSR count). The first-order valence-electron chi connectivity index (χ1n) is 6.83. The van der Waals surface area contributed by atoms with Crippen LogP contribution in [0.4, 0.5) is 5.69 Å². The molecule has 0 radical (unpaired) electrons. The van der Waals surface area contributed by atoms with Crippen LogP contribution in [0.1, 0.15) is 31.2 Å². The Hall–Kier alpha value is -1.99. The molecule has 20 heavy (non-hydrogen) atoms. The predicted molar refractivity (Wildman–Crippen MR) is 77.5 cm³/mol. The molecule has 0 heterocycles. The van der Waals surface area contributed by atoms with E-state index in [-0.39, 0.29) is 18.4 Å². The van der Waals surface area contributed by atoms with Gasteiger partial charge in [-0.25, -0.2) is 0 Å². The SMILES string of the molecule is COc1ccc(C#CCO)cc1NC(=O)C1CCCC1. The van der Waals surface area contributed by atoms with Crippen molar-refractivity contribution in [1.29, 1.82) is 0 Å². The highest BCUT2D eigenvalue weighted by Crippen LogP contribution is 2.29. The van der Waals surface area contributed by atoms with Gasteiger partial charge in [0, 0.05) is 11.5 Å². The number of hydrogen-bond donors (Lipinski definition) is 2. The second-order valence-electron chi connectivity index (χ2n) is 4.85. The van der Waals surface area contributed by atoms with E-state index in [1.54, 1.807) is 25.3 Å². The number of aliphatic hydroxyl groups excluding tert-OH is 1. The van der Waals surface area contributed by atoms with Crippen LogP contribution in [0.3, 0.4) is 0 Å². The topological polar surface area (TPSA) is 58.6 Å². The summed E-state index contributed by atoms with van der Waals surface area (Å²) >= 11 is 0. The van der Waals surface area contributed by atoms with Crippen molar-refractivity contribution in [2.24, 2.45) is 5.92 Å². The zero-order valence-corrected chi connectivity index (χ0v) is 11.6. The highest BCUT2D eigenvalue weighted by Gasteiger charge is 2.23. The van der Waals surface area contributed by atoms with Crippen LogP contribution in [0.2, 0.25) is 0 Å². The molecule has 0 atom stereocenters. The van der Waals surface area contributed by atoms with E-state index in [0.717, 1.165) is 31.2 Å². The molecule has 4 heteroatoms. The average molecular weight is 273 g/mol. The van der Waals surface area contributed by atoms with Crippen LogP contribution in [0.25, 0.3) is 0 Å². The van der Waals surface area contributed by atoms with Crippen LogP contribution in [0.15, 0.2) is 18.2 Å². The van der Waals surface area contributed by atoms with Gasteiger partial charge in [0.1, 0.15) is 12.4 Å². The Morgan fingerprint density at radius 2 is 2.20 bits per heavy atom. The van der Waals surface area contributed by atoms with Gasteiger partial charge in [0.2, 0.25) is 5.91 Å². The van der Waals surface area contributed by atoms with Gasteiger partial charge < -0.3 is 15.2 Å². The molecule has 1 aromatic carbocycles. The van der Waals surface area contributed by atoms with Gasteiger partial charge in [0.25, 0.3) is 0 Å². The van der Waals surface area contributed by atoms with Gasteiger partial charge in [-0.05, 0) is 31.0 Å². The minimum absolute atomic E-state index is 0.0491. The fraction of sp³-hybridized carbons (Fsp3) is 0.438. The van der Waals surface area contributed by atoms with Crippen LogP contribution >= 0.6 is 0 Å². The van der Waals surface area contributed by atoms with E-state index < -0.39 is 0 Å². The van der Waals surface area contributed by atoms with Crippen molar-refractivity contribution >= 4 is 11.6 Å². The summed E-state index contributed by atoms with van der Waals surface area (Å²) in [6.07, 6.45) is 4.16. The summed E-state index contributed by atoms with van der Waals surface area (Å²) in [6.45, 7) is -0.185. The molecule has 1 aliphatic carbocycles. The Morgan fingerprint density at radius 3 is 2.85 bits per heavy atom. The Labute approximate surface area is 119 Å². The lowest BCUT2D eigenvalue weighted by molar-refractivity contribution is -0.119. The van der Waals surface area contributed by atoms with Gasteiger partial charge in [-0.3, -0.25) is 4.79 Å². The van der Waals surface area contributed by atoms with Crippen molar-refractivity contribution in [3.8, 4) is 17.6 Å². The summed E-state index contributed by atoms with van der Waals surface area (Å²) in [6, 6.07) is 5.34. The van der Waals surface area contributed by atoms with E-state index in [4.69, 9.17) is 9.84 Å². The van der Waals surface area contributed by atoms with Crippen molar-refractivity contribution < 1.29 is 14.6 Å².